The SMILES string of the molecule is COc1c(Cl)cc(Cl)cc1N(C)CS. The fourth-order valence-electron chi connectivity index (χ4n) is 1.11. The zero-order valence-electron chi connectivity index (χ0n) is 7.92. The van der Waals surface area contributed by atoms with Crippen LogP contribution in [-0.2, 0) is 0 Å². The second kappa shape index (κ2) is 5.01. The third-order valence-electron chi connectivity index (χ3n) is 1.82. The maximum atomic E-state index is 5.97. The highest BCUT2D eigenvalue weighted by atomic mass is 35.5. The van der Waals surface area contributed by atoms with Crippen LogP contribution < -0.4 is 9.64 Å². The lowest BCUT2D eigenvalue weighted by atomic mass is 10.3. The van der Waals surface area contributed by atoms with Gasteiger partial charge in [0, 0.05) is 12.1 Å². The summed E-state index contributed by atoms with van der Waals surface area (Å²) in [6.07, 6.45) is 0. The lowest BCUT2D eigenvalue weighted by Gasteiger charge is -2.20. The normalized spacial score (nSPS) is 10.1. The molecule has 1 rings (SSSR count). The number of anilines is 1. The lowest BCUT2D eigenvalue weighted by molar-refractivity contribution is 0.415. The van der Waals surface area contributed by atoms with Crippen molar-refractivity contribution in [2.45, 2.75) is 0 Å². The van der Waals surface area contributed by atoms with E-state index in [4.69, 9.17) is 27.9 Å². The van der Waals surface area contributed by atoms with Gasteiger partial charge in [-0.15, -0.1) is 0 Å². The Morgan fingerprint density at radius 1 is 1.43 bits per heavy atom. The number of rotatable bonds is 3. The summed E-state index contributed by atoms with van der Waals surface area (Å²) in [6, 6.07) is 3.44. The average Bonchev–Trinajstić information content (AvgIpc) is 2.15. The fourth-order valence-corrected chi connectivity index (χ4v) is 1.82. The Bertz CT molecular complexity index is 333. The van der Waals surface area contributed by atoms with Crippen molar-refractivity contribution < 1.29 is 4.74 Å². The van der Waals surface area contributed by atoms with E-state index < -0.39 is 0 Å². The van der Waals surface area contributed by atoms with Crippen LogP contribution in [0.5, 0.6) is 5.75 Å². The van der Waals surface area contributed by atoms with Gasteiger partial charge in [-0.05, 0) is 12.1 Å². The summed E-state index contributed by atoms with van der Waals surface area (Å²) in [5.74, 6) is 1.18. The molecule has 0 atom stereocenters. The molecule has 0 unspecified atom stereocenters. The maximum Gasteiger partial charge on any atom is 0.160 e. The van der Waals surface area contributed by atoms with Gasteiger partial charge in [0.1, 0.15) is 0 Å². The van der Waals surface area contributed by atoms with Crippen molar-refractivity contribution in [3.63, 3.8) is 0 Å². The van der Waals surface area contributed by atoms with E-state index in [9.17, 15) is 0 Å². The molecule has 0 saturated carbocycles. The van der Waals surface area contributed by atoms with E-state index in [-0.39, 0.29) is 0 Å². The van der Waals surface area contributed by atoms with Crippen molar-refractivity contribution in [2.24, 2.45) is 0 Å². The minimum absolute atomic E-state index is 0.503. The van der Waals surface area contributed by atoms with Crippen LogP contribution in [0.2, 0.25) is 10.0 Å². The Labute approximate surface area is 99.2 Å². The number of halogens is 2. The summed E-state index contributed by atoms with van der Waals surface area (Å²) < 4.78 is 5.19. The molecular weight excluding hydrogens is 241 g/mol. The van der Waals surface area contributed by atoms with E-state index in [0.717, 1.165) is 5.69 Å². The van der Waals surface area contributed by atoms with E-state index in [2.05, 4.69) is 12.6 Å². The Hall–Kier alpha value is -0.250. The molecule has 0 amide bonds. The first kappa shape index (κ1) is 11.8. The lowest BCUT2D eigenvalue weighted by Crippen LogP contribution is -2.15. The summed E-state index contributed by atoms with van der Waals surface area (Å²) in [5.41, 5.74) is 0.833. The molecule has 0 aliphatic heterocycles. The number of benzene rings is 1. The predicted octanol–water partition coefficient (Wildman–Crippen LogP) is 3.33. The van der Waals surface area contributed by atoms with Crippen molar-refractivity contribution in [3.8, 4) is 5.75 Å². The molecule has 0 saturated heterocycles. The standard InChI is InChI=1S/C9H11Cl2NOS/c1-12(5-14)8-4-6(10)3-7(11)9(8)13-2/h3-4,14H,5H2,1-2H3. The summed E-state index contributed by atoms with van der Waals surface area (Å²) in [6.45, 7) is 0. The van der Waals surface area contributed by atoms with Crippen LogP contribution in [0, 0.1) is 0 Å². The molecule has 1 aromatic carbocycles. The largest absolute Gasteiger partial charge is 0.493 e. The van der Waals surface area contributed by atoms with Crippen LogP contribution in [0.25, 0.3) is 0 Å². The second-order valence-electron chi connectivity index (χ2n) is 2.78. The number of hydrogen-bond donors (Lipinski definition) is 1. The number of nitrogens with zero attached hydrogens (tertiary/aromatic N) is 1. The third-order valence-corrected chi connectivity index (χ3v) is 2.74. The van der Waals surface area contributed by atoms with Gasteiger partial charge < -0.3 is 9.64 Å². The molecule has 0 heterocycles. The van der Waals surface area contributed by atoms with Crippen molar-refractivity contribution in [1.29, 1.82) is 0 Å². The molecular formula is C9H11Cl2NOS. The molecule has 14 heavy (non-hydrogen) atoms. The number of hydrogen-bond acceptors (Lipinski definition) is 3. The van der Waals surface area contributed by atoms with E-state index in [1.54, 1.807) is 19.2 Å². The predicted molar refractivity (Wildman–Crippen MR) is 65.3 cm³/mol. The van der Waals surface area contributed by atoms with Crippen LogP contribution in [-0.4, -0.2) is 20.0 Å². The first-order chi connectivity index (χ1) is 6.60. The van der Waals surface area contributed by atoms with E-state index in [1.807, 2.05) is 11.9 Å². The van der Waals surface area contributed by atoms with Crippen molar-refractivity contribution in [2.75, 3.05) is 24.9 Å². The van der Waals surface area contributed by atoms with Crippen LogP contribution >= 0.6 is 35.8 Å². The Kier molecular flexibility index (Phi) is 4.23. The second-order valence-corrected chi connectivity index (χ2v) is 3.91. The molecule has 0 bridgehead atoms. The highest BCUT2D eigenvalue weighted by Gasteiger charge is 2.12. The number of ether oxygens (including phenoxy) is 1. The summed E-state index contributed by atoms with van der Waals surface area (Å²) in [7, 11) is 3.46. The van der Waals surface area contributed by atoms with Crippen LogP contribution in [0.4, 0.5) is 5.69 Å². The van der Waals surface area contributed by atoms with Crippen LogP contribution in [0.15, 0.2) is 12.1 Å². The molecule has 0 aliphatic rings. The zero-order valence-corrected chi connectivity index (χ0v) is 10.3. The molecule has 78 valence electrons. The van der Waals surface area contributed by atoms with Gasteiger partial charge in [0.25, 0.3) is 0 Å². The van der Waals surface area contributed by atoms with Gasteiger partial charge in [0.05, 0.1) is 23.7 Å². The summed E-state index contributed by atoms with van der Waals surface area (Å²) >= 11 is 16.0. The molecule has 1 aromatic rings. The molecule has 0 spiro atoms. The minimum atomic E-state index is 0.503. The summed E-state index contributed by atoms with van der Waals surface area (Å²) in [5, 5.41) is 1.09. The minimum Gasteiger partial charge on any atom is -0.493 e. The first-order valence-electron chi connectivity index (χ1n) is 3.95. The van der Waals surface area contributed by atoms with Crippen molar-refractivity contribution >= 4 is 41.5 Å². The van der Waals surface area contributed by atoms with Gasteiger partial charge >= 0.3 is 0 Å². The molecule has 2 nitrogen and oxygen atoms in total. The fraction of sp³-hybridized carbons (Fsp3) is 0.333. The Morgan fingerprint density at radius 2 is 2.07 bits per heavy atom. The maximum absolute atomic E-state index is 5.97. The van der Waals surface area contributed by atoms with Crippen molar-refractivity contribution in [1.82, 2.24) is 0 Å². The van der Waals surface area contributed by atoms with Crippen LogP contribution in [0.1, 0.15) is 0 Å². The Balaban J connectivity index is 3.24. The number of methoxy groups -OCH3 is 1. The number of thiol groups is 1. The zero-order chi connectivity index (χ0) is 10.7. The molecule has 5 heteroatoms. The molecule has 0 N–H and O–H groups in total. The highest BCUT2D eigenvalue weighted by Crippen LogP contribution is 2.37. The first-order valence-corrected chi connectivity index (χ1v) is 5.34. The highest BCUT2D eigenvalue weighted by molar-refractivity contribution is 7.80. The van der Waals surface area contributed by atoms with Gasteiger partial charge in [0.15, 0.2) is 5.75 Å². The van der Waals surface area contributed by atoms with Gasteiger partial charge in [-0.1, -0.05) is 23.2 Å². The van der Waals surface area contributed by atoms with Gasteiger partial charge in [0.2, 0.25) is 0 Å². The van der Waals surface area contributed by atoms with Crippen molar-refractivity contribution in [3.05, 3.63) is 22.2 Å². The van der Waals surface area contributed by atoms with Crippen LogP contribution in [0.3, 0.4) is 0 Å². The molecule has 0 aliphatic carbocycles. The topological polar surface area (TPSA) is 12.5 Å². The van der Waals surface area contributed by atoms with Gasteiger partial charge in [-0.3, -0.25) is 0 Å². The monoisotopic (exact) mass is 251 g/mol. The average molecular weight is 252 g/mol. The summed E-state index contributed by atoms with van der Waals surface area (Å²) in [4.78, 5) is 1.89. The van der Waals surface area contributed by atoms with E-state index in [0.29, 0.717) is 21.7 Å². The van der Waals surface area contributed by atoms with E-state index in [1.165, 1.54) is 0 Å². The van der Waals surface area contributed by atoms with Gasteiger partial charge in [-0.2, -0.15) is 12.6 Å². The molecule has 0 aromatic heterocycles. The third kappa shape index (κ3) is 2.41. The van der Waals surface area contributed by atoms with Gasteiger partial charge in [-0.25, -0.2) is 0 Å². The van der Waals surface area contributed by atoms with E-state index >= 15 is 0 Å². The smallest absolute Gasteiger partial charge is 0.160 e. The molecule has 0 radical (unpaired) electrons. The Morgan fingerprint density at radius 3 is 2.57 bits per heavy atom. The quantitative estimate of drug-likeness (QED) is 0.654. The molecule has 0 fully saturated rings.